The van der Waals surface area contributed by atoms with Crippen molar-refractivity contribution in [3.8, 4) is 0 Å². The van der Waals surface area contributed by atoms with Gasteiger partial charge in [0, 0.05) is 26.4 Å². The van der Waals surface area contributed by atoms with E-state index >= 15 is 0 Å². The fourth-order valence-corrected chi connectivity index (χ4v) is 1.64. The van der Waals surface area contributed by atoms with Gasteiger partial charge in [0.2, 0.25) is 0 Å². The number of nitrogens with one attached hydrogen (secondary N) is 1. The van der Waals surface area contributed by atoms with Crippen LogP contribution in [-0.4, -0.2) is 62.8 Å². The van der Waals surface area contributed by atoms with E-state index in [0.717, 1.165) is 19.3 Å². The van der Waals surface area contributed by atoms with E-state index in [1.807, 2.05) is 0 Å². The summed E-state index contributed by atoms with van der Waals surface area (Å²) in [5.41, 5.74) is -1.00. The molecule has 0 heterocycles. The molecule has 0 spiro atoms. The maximum atomic E-state index is 11.2. The van der Waals surface area contributed by atoms with Gasteiger partial charge < -0.3 is 19.3 Å². The minimum Gasteiger partial charge on any atom is -0.480 e. The quantitative estimate of drug-likeness (QED) is 0.509. The Morgan fingerprint density at radius 2 is 1.95 bits per heavy atom. The first kappa shape index (κ1) is 16.4. The smallest absolute Gasteiger partial charge is 0.326 e. The Kier molecular flexibility index (Phi) is 7.30. The van der Waals surface area contributed by atoms with Crippen LogP contribution in [0.5, 0.6) is 0 Å². The summed E-state index contributed by atoms with van der Waals surface area (Å²) < 4.78 is 15.6. The molecule has 0 radical (unpaired) electrons. The lowest BCUT2D eigenvalue weighted by atomic mass is 10.0. The SMILES string of the molecule is COCCCOCCOCC(C)(NC1CC1)C(=O)O. The summed E-state index contributed by atoms with van der Waals surface area (Å²) in [4.78, 5) is 11.2. The average molecular weight is 275 g/mol. The third-order valence-electron chi connectivity index (χ3n) is 2.97. The number of methoxy groups -OCH3 is 1. The Balaban J connectivity index is 2.06. The van der Waals surface area contributed by atoms with Crippen molar-refractivity contribution in [1.82, 2.24) is 5.32 Å². The van der Waals surface area contributed by atoms with E-state index in [-0.39, 0.29) is 6.61 Å². The van der Waals surface area contributed by atoms with Crippen molar-refractivity contribution >= 4 is 5.97 Å². The Bertz CT molecular complexity index is 270. The molecule has 0 amide bonds. The molecule has 6 nitrogen and oxygen atoms in total. The largest absolute Gasteiger partial charge is 0.480 e. The molecule has 0 aromatic carbocycles. The fraction of sp³-hybridized carbons (Fsp3) is 0.923. The standard InChI is InChI=1S/C13H25NO5/c1-13(12(15)16,14-11-4-5-11)10-19-9-8-18-7-3-6-17-2/h11,14H,3-10H2,1-2H3,(H,15,16). The van der Waals surface area contributed by atoms with Gasteiger partial charge >= 0.3 is 5.97 Å². The average Bonchev–Trinajstić information content (AvgIpc) is 3.16. The molecule has 0 aliphatic heterocycles. The second kappa shape index (κ2) is 8.47. The van der Waals surface area contributed by atoms with Crippen LogP contribution >= 0.6 is 0 Å². The molecular formula is C13H25NO5. The van der Waals surface area contributed by atoms with Gasteiger partial charge in [0.25, 0.3) is 0 Å². The highest BCUT2D eigenvalue weighted by Gasteiger charge is 2.38. The zero-order chi connectivity index (χ0) is 14.1. The Morgan fingerprint density at radius 3 is 2.53 bits per heavy atom. The van der Waals surface area contributed by atoms with Crippen molar-refractivity contribution in [1.29, 1.82) is 0 Å². The van der Waals surface area contributed by atoms with Crippen LogP contribution in [0.4, 0.5) is 0 Å². The highest BCUT2D eigenvalue weighted by molar-refractivity contribution is 5.78. The van der Waals surface area contributed by atoms with E-state index < -0.39 is 11.5 Å². The number of ether oxygens (including phenoxy) is 3. The van der Waals surface area contributed by atoms with Gasteiger partial charge in [-0.25, -0.2) is 0 Å². The van der Waals surface area contributed by atoms with Gasteiger partial charge in [0.1, 0.15) is 5.54 Å². The maximum Gasteiger partial charge on any atom is 0.326 e. The Hall–Kier alpha value is -0.690. The summed E-state index contributed by atoms with van der Waals surface area (Å²) >= 11 is 0. The second-order valence-electron chi connectivity index (χ2n) is 5.07. The molecule has 112 valence electrons. The van der Waals surface area contributed by atoms with Crippen LogP contribution < -0.4 is 5.32 Å². The van der Waals surface area contributed by atoms with Crippen molar-refractivity contribution in [3.63, 3.8) is 0 Å². The number of rotatable bonds is 12. The van der Waals surface area contributed by atoms with Crippen molar-refractivity contribution in [3.05, 3.63) is 0 Å². The van der Waals surface area contributed by atoms with Crippen LogP contribution in [-0.2, 0) is 19.0 Å². The van der Waals surface area contributed by atoms with Crippen LogP contribution in [0.3, 0.4) is 0 Å². The molecule has 6 heteroatoms. The van der Waals surface area contributed by atoms with Gasteiger partial charge in [-0.15, -0.1) is 0 Å². The molecule has 19 heavy (non-hydrogen) atoms. The van der Waals surface area contributed by atoms with E-state index in [1.54, 1.807) is 14.0 Å². The lowest BCUT2D eigenvalue weighted by Gasteiger charge is -2.26. The third kappa shape index (κ3) is 6.87. The van der Waals surface area contributed by atoms with Crippen molar-refractivity contribution in [2.24, 2.45) is 0 Å². The van der Waals surface area contributed by atoms with Crippen LogP contribution in [0.15, 0.2) is 0 Å². The first-order chi connectivity index (χ1) is 9.08. The zero-order valence-electron chi connectivity index (χ0n) is 11.8. The molecule has 2 N–H and O–H groups in total. The normalized spacial score (nSPS) is 18.2. The molecule has 0 aromatic rings. The molecule has 1 fully saturated rings. The monoisotopic (exact) mass is 275 g/mol. The molecule has 1 aliphatic carbocycles. The summed E-state index contributed by atoms with van der Waals surface area (Å²) in [6.45, 7) is 4.01. The van der Waals surface area contributed by atoms with Gasteiger partial charge in [-0.05, 0) is 26.2 Å². The minimum absolute atomic E-state index is 0.153. The topological polar surface area (TPSA) is 77.0 Å². The van der Waals surface area contributed by atoms with E-state index in [0.29, 0.717) is 32.5 Å². The van der Waals surface area contributed by atoms with Crippen LogP contribution in [0.25, 0.3) is 0 Å². The van der Waals surface area contributed by atoms with Crippen molar-refractivity contribution in [2.75, 3.05) is 40.1 Å². The third-order valence-corrected chi connectivity index (χ3v) is 2.97. The van der Waals surface area contributed by atoms with Gasteiger partial charge in [-0.1, -0.05) is 0 Å². The second-order valence-corrected chi connectivity index (χ2v) is 5.07. The highest BCUT2D eigenvalue weighted by atomic mass is 16.5. The Labute approximate surface area is 114 Å². The number of carboxylic acid groups (broad SMARTS) is 1. The van der Waals surface area contributed by atoms with Crippen LogP contribution in [0, 0.1) is 0 Å². The summed E-state index contributed by atoms with van der Waals surface area (Å²) in [6.07, 6.45) is 2.95. The molecule has 1 aliphatic rings. The molecule has 0 aromatic heterocycles. The number of carboxylic acids is 1. The molecule has 0 saturated heterocycles. The van der Waals surface area contributed by atoms with E-state index in [9.17, 15) is 9.90 Å². The van der Waals surface area contributed by atoms with Gasteiger partial charge in [0.15, 0.2) is 0 Å². The van der Waals surface area contributed by atoms with Crippen LogP contribution in [0.2, 0.25) is 0 Å². The molecular weight excluding hydrogens is 250 g/mol. The zero-order valence-corrected chi connectivity index (χ0v) is 11.8. The summed E-state index contributed by atoms with van der Waals surface area (Å²) in [7, 11) is 1.66. The number of hydrogen-bond acceptors (Lipinski definition) is 5. The van der Waals surface area contributed by atoms with Gasteiger partial charge in [0.05, 0.1) is 19.8 Å². The first-order valence-electron chi connectivity index (χ1n) is 6.74. The van der Waals surface area contributed by atoms with Gasteiger partial charge in [-0.2, -0.15) is 0 Å². The summed E-state index contributed by atoms with van der Waals surface area (Å²) in [5.74, 6) is -0.875. The fourth-order valence-electron chi connectivity index (χ4n) is 1.64. The van der Waals surface area contributed by atoms with Gasteiger partial charge in [-0.3, -0.25) is 10.1 Å². The molecule has 1 rings (SSSR count). The maximum absolute atomic E-state index is 11.2. The number of hydrogen-bond donors (Lipinski definition) is 2. The molecule has 1 saturated carbocycles. The van der Waals surface area contributed by atoms with Crippen LogP contribution in [0.1, 0.15) is 26.2 Å². The molecule has 1 unspecified atom stereocenters. The lowest BCUT2D eigenvalue weighted by Crippen LogP contribution is -2.54. The summed E-state index contributed by atoms with van der Waals surface area (Å²) in [5, 5.41) is 12.3. The Morgan fingerprint density at radius 1 is 1.26 bits per heavy atom. The summed E-state index contributed by atoms with van der Waals surface area (Å²) in [6, 6.07) is 0.329. The van der Waals surface area contributed by atoms with E-state index in [1.165, 1.54) is 0 Å². The van der Waals surface area contributed by atoms with E-state index in [4.69, 9.17) is 14.2 Å². The molecule has 0 bridgehead atoms. The minimum atomic E-state index is -1.00. The first-order valence-corrected chi connectivity index (χ1v) is 6.74. The number of carbonyl (C=O) groups is 1. The van der Waals surface area contributed by atoms with Crippen molar-refractivity contribution in [2.45, 2.75) is 37.8 Å². The highest BCUT2D eigenvalue weighted by Crippen LogP contribution is 2.22. The van der Waals surface area contributed by atoms with Crippen molar-refractivity contribution < 1.29 is 24.1 Å². The molecule has 1 atom stereocenters. The predicted molar refractivity (Wildman–Crippen MR) is 70.3 cm³/mol. The predicted octanol–water partition coefficient (Wildman–Crippen LogP) is 0.651. The number of aliphatic carboxylic acids is 1. The van der Waals surface area contributed by atoms with E-state index in [2.05, 4.69) is 5.32 Å². The lowest BCUT2D eigenvalue weighted by molar-refractivity contribution is -0.147.